The van der Waals surface area contributed by atoms with Crippen molar-refractivity contribution >= 4 is 34.9 Å². The third-order valence-corrected chi connectivity index (χ3v) is 6.30. The number of methoxy groups -OCH3 is 1. The predicted molar refractivity (Wildman–Crippen MR) is 120 cm³/mol. The first-order valence-corrected chi connectivity index (χ1v) is 10.8. The highest BCUT2D eigenvalue weighted by Gasteiger charge is 2.40. The van der Waals surface area contributed by atoms with Gasteiger partial charge in [0, 0.05) is 25.4 Å². The summed E-state index contributed by atoms with van der Waals surface area (Å²) in [5.41, 5.74) is 3.08. The predicted octanol–water partition coefficient (Wildman–Crippen LogP) is 3.82. The molecule has 1 amide bonds. The molecular weight excluding hydrogens is 394 g/mol. The second-order valence-electron chi connectivity index (χ2n) is 8.23. The van der Waals surface area contributed by atoms with E-state index in [0.29, 0.717) is 23.2 Å². The van der Waals surface area contributed by atoms with E-state index < -0.39 is 5.97 Å². The van der Waals surface area contributed by atoms with Gasteiger partial charge in [-0.3, -0.25) is 4.79 Å². The normalized spacial score (nSPS) is 18.8. The smallest absolute Gasteiger partial charge is 0.339 e. The first-order chi connectivity index (χ1) is 14.9. The third-order valence-electron chi connectivity index (χ3n) is 6.30. The maximum absolute atomic E-state index is 13.0. The van der Waals surface area contributed by atoms with Crippen LogP contribution in [0.5, 0.6) is 0 Å². The van der Waals surface area contributed by atoms with Crippen molar-refractivity contribution in [1.82, 2.24) is 9.97 Å². The van der Waals surface area contributed by atoms with Gasteiger partial charge in [0.1, 0.15) is 17.7 Å². The summed E-state index contributed by atoms with van der Waals surface area (Å²) in [7, 11) is 3.17. The second kappa shape index (κ2) is 8.53. The van der Waals surface area contributed by atoms with Crippen LogP contribution in [0.4, 0.5) is 23.0 Å². The molecule has 1 aliphatic carbocycles. The van der Waals surface area contributed by atoms with Gasteiger partial charge < -0.3 is 19.9 Å². The van der Waals surface area contributed by atoms with Crippen LogP contribution in [0.15, 0.2) is 24.5 Å². The van der Waals surface area contributed by atoms with Gasteiger partial charge in [-0.2, -0.15) is 0 Å². The zero-order valence-electron chi connectivity index (χ0n) is 18.5. The standard InChI is InChI=1S/C23H29N5O3/c1-5-17-22(29)27(3)19-13-24-20(11-18(19)28(17)16-8-6-7-9-16)26-21-14(2)10-15(12-25-21)23(30)31-4/h10-13,16-17H,5-9H2,1-4H3,(H,24,25,26)/t17-/m1/s1. The molecule has 0 radical (unpaired) electrons. The van der Waals surface area contributed by atoms with Gasteiger partial charge in [-0.15, -0.1) is 0 Å². The summed E-state index contributed by atoms with van der Waals surface area (Å²) in [4.78, 5) is 37.7. The Kier molecular flexibility index (Phi) is 5.80. The van der Waals surface area contributed by atoms with Gasteiger partial charge in [0.05, 0.1) is 30.2 Å². The Morgan fingerprint density at radius 2 is 1.94 bits per heavy atom. The number of esters is 1. The van der Waals surface area contributed by atoms with Crippen LogP contribution in [0.1, 0.15) is 54.9 Å². The Morgan fingerprint density at radius 1 is 1.19 bits per heavy atom. The lowest BCUT2D eigenvalue weighted by atomic mass is 10.0. The maximum Gasteiger partial charge on any atom is 0.339 e. The van der Waals surface area contributed by atoms with E-state index in [2.05, 4.69) is 27.1 Å². The van der Waals surface area contributed by atoms with Gasteiger partial charge in [0.15, 0.2) is 0 Å². The Labute approximate surface area is 182 Å². The molecule has 8 nitrogen and oxygen atoms in total. The minimum atomic E-state index is -0.417. The summed E-state index contributed by atoms with van der Waals surface area (Å²) in [6.07, 6.45) is 8.61. The zero-order valence-corrected chi connectivity index (χ0v) is 18.5. The lowest BCUT2D eigenvalue weighted by molar-refractivity contribution is -0.120. The van der Waals surface area contributed by atoms with Crippen LogP contribution < -0.4 is 15.1 Å². The van der Waals surface area contributed by atoms with Crippen LogP contribution in [0.3, 0.4) is 0 Å². The van der Waals surface area contributed by atoms with Gasteiger partial charge in [-0.25, -0.2) is 14.8 Å². The van der Waals surface area contributed by atoms with Crippen LogP contribution in [-0.4, -0.2) is 48.1 Å². The molecule has 1 N–H and O–H groups in total. The molecular formula is C23H29N5O3. The molecule has 164 valence electrons. The number of hydrogen-bond donors (Lipinski definition) is 1. The van der Waals surface area contributed by atoms with Gasteiger partial charge in [-0.1, -0.05) is 19.8 Å². The molecule has 1 atom stereocenters. The largest absolute Gasteiger partial charge is 0.465 e. The minimum Gasteiger partial charge on any atom is -0.465 e. The molecule has 0 aromatic carbocycles. The van der Waals surface area contributed by atoms with E-state index >= 15 is 0 Å². The van der Waals surface area contributed by atoms with E-state index in [1.807, 2.05) is 20.0 Å². The number of nitrogens with one attached hydrogen (secondary N) is 1. The van der Waals surface area contributed by atoms with Gasteiger partial charge >= 0.3 is 5.97 Å². The van der Waals surface area contributed by atoms with E-state index in [4.69, 9.17) is 4.74 Å². The van der Waals surface area contributed by atoms with E-state index in [0.717, 1.165) is 36.2 Å². The molecule has 3 heterocycles. The van der Waals surface area contributed by atoms with Crippen molar-refractivity contribution in [1.29, 1.82) is 0 Å². The summed E-state index contributed by atoms with van der Waals surface area (Å²) in [6.45, 7) is 3.95. The quantitative estimate of drug-likeness (QED) is 0.732. The highest BCUT2D eigenvalue weighted by Crippen LogP contribution is 2.41. The van der Waals surface area contributed by atoms with Gasteiger partial charge in [0.25, 0.3) is 0 Å². The first kappa shape index (κ1) is 21.1. The molecule has 31 heavy (non-hydrogen) atoms. The molecule has 0 unspecified atom stereocenters. The number of amides is 1. The molecule has 2 aliphatic rings. The second-order valence-corrected chi connectivity index (χ2v) is 8.23. The fourth-order valence-corrected chi connectivity index (χ4v) is 4.66. The highest BCUT2D eigenvalue weighted by molar-refractivity contribution is 6.05. The van der Waals surface area contributed by atoms with Crippen LogP contribution in [0, 0.1) is 6.92 Å². The number of carbonyl (C=O) groups excluding carboxylic acids is 2. The minimum absolute atomic E-state index is 0.125. The monoisotopic (exact) mass is 423 g/mol. The number of rotatable bonds is 5. The Hall–Kier alpha value is -3.16. The number of hydrogen-bond acceptors (Lipinski definition) is 7. The van der Waals surface area contributed by atoms with Crippen molar-refractivity contribution in [2.75, 3.05) is 29.3 Å². The molecule has 0 bridgehead atoms. The van der Waals surface area contributed by atoms with E-state index in [1.165, 1.54) is 26.1 Å². The van der Waals surface area contributed by atoms with Crippen LogP contribution >= 0.6 is 0 Å². The molecule has 0 saturated heterocycles. The molecule has 2 aromatic rings. The molecule has 2 aromatic heterocycles. The number of carbonyl (C=O) groups is 2. The number of fused-ring (bicyclic) bond motifs is 1. The molecule has 8 heteroatoms. The molecule has 0 spiro atoms. The molecule has 1 aliphatic heterocycles. The van der Waals surface area contributed by atoms with E-state index in [1.54, 1.807) is 17.2 Å². The first-order valence-electron chi connectivity index (χ1n) is 10.8. The van der Waals surface area contributed by atoms with Crippen molar-refractivity contribution < 1.29 is 14.3 Å². The number of anilines is 4. The van der Waals surface area contributed by atoms with Crippen LogP contribution in [-0.2, 0) is 9.53 Å². The summed E-state index contributed by atoms with van der Waals surface area (Å²) < 4.78 is 4.76. The van der Waals surface area contributed by atoms with Crippen LogP contribution in [0.2, 0.25) is 0 Å². The average molecular weight is 424 g/mol. The summed E-state index contributed by atoms with van der Waals surface area (Å²) >= 11 is 0. The zero-order chi connectivity index (χ0) is 22.1. The number of nitrogens with zero attached hydrogens (tertiary/aromatic N) is 4. The van der Waals surface area contributed by atoms with Crippen molar-refractivity contribution in [2.24, 2.45) is 0 Å². The Balaban J connectivity index is 1.69. The Morgan fingerprint density at radius 3 is 2.58 bits per heavy atom. The molecule has 1 fully saturated rings. The Bertz CT molecular complexity index is 1000. The summed E-state index contributed by atoms with van der Waals surface area (Å²) in [5.74, 6) is 0.987. The number of aryl methyl sites for hydroxylation is 1. The van der Waals surface area contributed by atoms with Crippen molar-refractivity contribution in [2.45, 2.75) is 58.0 Å². The topological polar surface area (TPSA) is 87.7 Å². The third kappa shape index (κ3) is 3.82. The summed E-state index contributed by atoms with van der Waals surface area (Å²) in [6, 6.07) is 3.96. The summed E-state index contributed by atoms with van der Waals surface area (Å²) in [5, 5.41) is 3.27. The fourth-order valence-electron chi connectivity index (χ4n) is 4.66. The number of pyridine rings is 2. The molecule has 4 rings (SSSR count). The average Bonchev–Trinajstić information content (AvgIpc) is 3.31. The number of likely N-dealkylation sites (N-methyl/N-ethyl adjacent to an activating group) is 1. The number of aromatic nitrogens is 2. The van der Waals surface area contributed by atoms with Gasteiger partial charge in [0.2, 0.25) is 5.91 Å². The van der Waals surface area contributed by atoms with Crippen molar-refractivity contribution in [3.05, 3.63) is 35.7 Å². The highest BCUT2D eigenvalue weighted by atomic mass is 16.5. The van der Waals surface area contributed by atoms with E-state index in [9.17, 15) is 9.59 Å². The SMILES string of the molecule is CC[C@@H]1C(=O)N(C)c2cnc(Nc3ncc(C(=O)OC)cc3C)cc2N1C1CCCC1. The van der Waals surface area contributed by atoms with E-state index in [-0.39, 0.29) is 11.9 Å². The lowest BCUT2D eigenvalue weighted by Gasteiger charge is -2.44. The fraction of sp³-hybridized carbons (Fsp3) is 0.478. The van der Waals surface area contributed by atoms with Gasteiger partial charge in [-0.05, 0) is 37.8 Å². The van der Waals surface area contributed by atoms with Crippen molar-refractivity contribution in [3.8, 4) is 0 Å². The van der Waals surface area contributed by atoms with Crippen LogP contribution in [0.25, 0.3) is 0 Å². The van der Waals surface area contributed by atoms with Crippen molar-refractivity contribution in [3.63, 3.8) is 0 Å². The maximum atomic E-state index is 13.0. The molecule has 1 saturated carbocycles. The lowest BCUT2D eigenvalue weighted by Crippen LogP contribution is -2.55. The number of ether oxygens (including phenoxy) is 1.